The molecule has 0 N–H and O–H groups in total. The molecule has 22 heavy (non-hydrogen) atoms. The number of benzene rings is 1. The Morgan fingerprint density at radius 2 is 1.86 bits per heavy atom. The molecule has 0 aliphatic carbocycles. The van der Waals surface area contributed by atoms with Crippen LogP contribution in [0.2, 0.25) is 0 Å². The van der Waals surface area contributed by atoms with Crippen LogP contribution in [0.1, 0.15) is 18.5 Å². The molecule has 5 nitrogen and oxygen atoms in total. The molecule has 1 aromatic carbocycles. The predicted molar refractivity (Wildman–Crippen MR) is 82.9 cm³/mol. The lowest BCUT2D eigenvalue weighted by Crippen LogP contribution is -2.15. The van der Waals surface area contributed by atoms with E-state index in [1.54, 1.807) is 19.5 Å². The first-order valence-corrected chi connectivity index (χ1v) is 7.25. The third-order valence-corrected chi connectivity index (χ3v) is 3.75. The molecule has 1 saturated heterocycles. The van der Waals surface area contributed by atoms with E-state index in [-0.39, 0.29) is 18.1 Å². The predicted octanol–water partition coefficient (Wildman–Crippen LogP) is 2.58. The van der Waals surface area contributed by atoms with Crippen molar-refractivity contribution in [3.63, 3.8) is 0 Å². The van der Waals surface area contributed by atoms with Crippen LogP contribution in [0.25, 0.3) is 0 Å². The van der Waals surface area contributed by atoms with Crippen molar-refractivity contribution in [1.82, 2.24) is 4.98 Å². The van der Waals surface area contributed by atoms with Crippen molar-refractivity contribution in [1.29, 1.82) is 0 Å². The van der Waals surface area contributed by atoms with Gasteiger partial charge in [-0.25, -0.2) is 4.79 Å². The van der Waals surface area contributed by atoms with E-state index >= 15 is 0 Å². The van der Waals surface area contributed by atoms with Crippen LogP contribution >= 0.6 is 0 Å². The summed E-state index contributed by atoms with van der Waals surface area (Å²) >= 11 is 0. The van der Waals surface area contributed by atoms with Gasteiger partial charge >= 0.3 is 5.97 Å². The molecule has 0 bridgehead atoms. The molecule has 0 radical (unpaired) electrons. The van der Waals surface area contributed by atoms with Crippen LogP contribution < -0.4 is 9.64 Å². The number of esters is 1. The van der Waals surface area contributed by atoms with Gasteiger partial charge in [-0.15, -0.1) is 0 Å². The van der Waals surface area contributed by atoms with Gasteiger partial charge in [-0.05, 0) is 48.9 Å². The quantitative estimate of drug-likeness (QED) is 0.627. The van der Waals surface area contributed by atoms with Crippen LogP contribution in [0.15, 0.2) is 48.8 Å². The summed E-state index contributed by atoms with van der Waals surface area (Å²) in [6, 6.07) is 11.3. The van der Waals surface area contributed by atoms with Crippen molar-refractivity contribution >= 4 is 11.7 Å². The third-order valence-electron chi connectivity index (χ3n) is 3.75. The van der Waals surface area contributed by atoms with E-state index in [0.29, 0.717) is 6.61 Å². The number of hydrogen-bond acceptors (Lipinski definition) is 5. The highest BCUT2D eigenvalue weighted by atomic mass is 16.5. The topological polar surface area (TPSA) is 51.4 Å². The highest BCUT2D eigenvalue weighted by Crippen LogP contribution is 2.47. The van der Waals surface area contributed by atoms with Gasteiger partial charge in [0.2, 0.25) is 0 Å². The Balaban J connectivity index is 1.88. The van der Waals surface area contributed by atoms with Crippen molar-refractivity contribution in [2.75, 3.05) is 18.6 Å². The first kappa shape index (κ1) is 14.4. The Labute approximate surface area is 129 Å². The minimum absolute atomic E-state index is 0.00422. The lowest BCUT2D eigenvalue weighted by atomic mass is 10.1. The number of pyridine rings is 1. The Bertz CT molecular complexity index is 643. The maximum absolute atomic E-state index is 12.2. The van der Waals surface area contributed by atoms with E-state index in [1.165, 1.54) is 0 Å². The van der Waals surface area contributed by atoms with E-state index in [2.05, 4.69) is 4.98 Å². The van der Waals surface area contributed by atoms with E-state index in [1.807, 2.05) is 48.2 Å². The molecule has 114 valence electrons. The number of ether oxygens (including phenoxy) is 2. The number of anilines is 1. The minimum Gasteiger partial charge on any atom is -0.497 e. The Morgan fingerprint density at radius 3 is 2.45 bits per heavy atom. The summed E-state index contributed by atoms with van der Waals surface area (Å²) in [5.74, 6) is 0.596. The first-order valence-electron chi connectivity index (χ1n) is 7.25. The monoisotopic (exact) mass is 298 g/mol. The van der Waals surface area contributed by atoms with Crippen molar-refractivity contribution in [2.45, 2.75) is 19.0 Å². The molecule has 0 saturated carbocycles. The maximum atomic E-state index is 12.2. The molecule has 2 atom stereocenters. The number of aromatic nitrogens is 1. The van der Waals surface area contributed by atoms with Gasteiger partial charge in [0.05, 0.1) is 19.8 Å². The number of methoxy groups -OCH3 is 1. The summed E-state index contributed by atoms with van der Waals surface area (Å²) in [6.07, 6.45) is 3.48. The van der Waals surface area contributed by atoms with Gasteiger partial charge in [0.15, 0.2) is 6.04 Å². The van der Waals surface area contributed by atoms with Crippen LogP contribution in [0.3, 0.4) is 0 Å². The van der Waals surface area contributed by atoms with Gasteiger partial charge in [-0.2, -0.15) is 0 Å². The number of nitrogens with zero attached hydrogens (tertiary/aromatic N) is 2. The van der Waals surface area contributed by atoms with E-state index < -0.39 is 0 Å². The Kier molecular flexibility index (Phi) is 3.96. The second-order valence-electron chi connectivity index (χ2n) is 5.03. The van der Waals surface area contributed by atoms with E-state index in [9.17, 15) is 4.79 Å². The summed E-state index contributed by atoms with van der Waals surface area (Å²) in [5.41, 5.74) is 2.03. The highest BCUT2D eigenvalue weighted by molar-refractivity contribution is 5.89. The van der Waals surface area contributed by atoms with Gasteiger partial charge in [0, 0.05) is 18.1 Å². The van der Waals surface area contributed by atoms with E-state index in [0.717, 1.165) is 17.0 Å². The average Bonchev–Trinajstić information content (AvgIpc) is 3.32. The van der Waals surface area contributed by atoms with Gasteiger partial charge in [0.1, 0.15) is 5.75 Å². The Hall–Kier alpha value is -2.56. The zero-order chi connectivity index (χ0) is 15.5. The van der Waals surface area contributed by atoms with Crippen molar-refractivity contribution in [3.8, 4) is 5.75 Å². The molecule has 2 aromatic rings. The fraction of sp³-hybridized carbons (Fsp3) is 0.294. The molecule has 1 fully saturated rings. The summed E-state index contributed by atoms with van der Waals surface area (Å²) in [5, 5.41) is 0. The van der Waals surface area contributed by atoms with Gasteiger partial charge in [-0.3, -0.25) is 4.98 Å². The molecular formula is C17H18N2O3. The molecular weight excluding hydrogens is 280 g/mol. The van der Waals surface area contributed by atoms with Crippen LogP contribution in [0.5, 0.6) is 5.75 Å². The average molecular weight is 298 g/mol. The summed E-state index contributed by atoms with van der Waals surface area (Å²) in [7, 11) is 1.63. The Morgan fingerprint density at radius 1 is 1.18 bits per heavy atom. The minimum atomic E-state index is -0.282. The van der Waals surface area contributed by atoms with Crippen LogP contribution in [0, 0.1) is 0 Å². The highest BCUT2D eigenvalue weighted by Gasteiger charge is 2.54. The molecule has 2 heterocycles. The second-order valence-corrected chi connectivity index (χ2v) is 5.03. The zero-order valence-electron chi connectivity index (χ0n) is 12.6. The standard InChI is InChI=1S/C17H18N2O3/c1-3-22-17(20)16-15(12-8-10-18-11-9-12)19(16)13-4-6-14(21-2)7-5-13/h4-11,15-16H,3H2,1-2H3/t15-,16-,19?/m1/s1. The lowest BCUT2D eigenvalue weighted by molar-refractivity contribution is -0.142. The summed E-state index contributed by atoms with van der Waals surface area (Å²) in [4.78, 5) is 18.3. The van der Waals surface area contributed by atoms with Crippen molar-refractivity contribution < 1.29 is 14.3 Å². The van der Waals surface area contributed by atoms with Gasteiger partial charge in [-0.1, -0.05) is 0 Å². The van der Waals surface area contributed by atoms with Crippen LogP contribution in [-0.2, 0) is 9.53 Å². The van der Waals surface area contributed by atoms with E-state index in [4.69, 9.17) is 9.47 Å². The molecule has 0 unspecified atom stereocenters. The SMILES string of the molecule is CCOC(=O)[C@H]1[C@@H](c2ccncc2)N1c1ccc(OC)cc1. The van der Waals surface area contributed by atoms with Crippen LogP contribution in [-0.4, -0.2) is 30.7 Å². The fourth-order valence-corrected chi connectivity index (χ4v) is 2.68. The first-order chi connectivity index (χ1) is 10.8. The fourth-order valence-electron chi connectivity index (χ4n) is 2.68. The molecule has 5 heteroatoms. The molecule has 1 aliphatic rings. The smallest absolute Gasteiger partial charge is 0.331 e. The molecule has 1 aliphatic heterocycles. The summed E-state index contributed by atoms with van der Waals surface area (Å²) < 4.78 is 10.4. The number of hydrogen-bond donors (Lipinski definition) is 0. The molecule has 1 aromatic heterocycles. The second kappa shape index (κ2) is 6.05. The number of carbonyl (C=O) groups is 1. The maximum Gasteiger partial charge on any atom is 0.331 e. The largest absolute Gasteiger partial charge is 0.497 e. The summed E-state index contributed by atoms with van der Waals surface area (Å²) in [6.45, 7) is 2.20. The van der Waals surface area contributed by atoms with Crippen molar-refractivity contribution in [2.24, 2.45) is 0 Å². The zero-order valence-corrected chi connectivity index (χ0v) is 12.6. The molecule has 0 amide bonds. The number of carbonyl (C=O) groups excluding carboxylic acids is 1. The van der Waals surface area contributed by atoms with Crippen molar-refractivity contribution in [3.05, 3.63) is 54.4 Å². The van der Waals surface area contributed by atoms with Crippen LogP contribution in [0.4, 0.5) is 5.69 Å². The number of rotatable bonds is 5. The normalized spacial score (nSPS) is 19.6. The molecule has 0 spiro atoms. The lowest BCUT2D eigenvalue weighted by Gasteiger charge is -2.07. The molecule has 3 rings (SSSR count). The van der Waals surface area contributed by atoms with Gasteiger partial charge < -0.3 is 14.4 Å². The van der Waals surface area contributed by atoms with Gasteiger partial charge in [0.25, 0.3) is 0 Å². The third kappa shape index (κ3) is 2.62.